The lowest BCUT2D eigenvalue weighted by Crippen LogP contribution is -2.41. The maximum Gasteiger partial charge on any atom is 0.134 e. The minimum absolute atomic E-state index is 0.0795. The van der Waals surface area contributed by atoms with Crippen LogP contribution in [0.4, 0.5) is 0 Å². The van der Waals surface area contributed by atoms with Crippen molar-refractivity contribution in [2.75, 3.05) is 6.61 Å². The molecule has 4 heteroatoms. The molecule has 0 spiro atoms. The molecule has 4 N–H and O–H groups in total. The van der Waals surface area contributed by atoms with Crippen LogP contribution in [0.2, 0.25) is 0 Å². The van der Waals surface area contributed by atoms with Gasteiger partial charge in [-0.2, -0.15) is 0 Å². The second-order valence-electron chi connectivity index (χ2n) is 2.92. The SMILES string of the molecule is CC1(O)CC(CO)OC1N. The average molecular weight is 147 g/mol. The van der Waals surface area contributed by atoms with Crippen molar-refractivity contribution in [1.82, 2.24) is 0 Å². The first-order valence-electron chi connectivity index (χ1n) is 3.30. The van der Waals surface area contributed by atoms with E-state index >= 15 is 0 Å². The fraction of sp³-hybridized carbons (Fsp3) is 1.00. The molecule has 10 heavy (non-hydrogen) atoms. The minimum atomic E-state index is -0.979. The number of aliphatic hydroxyl groups excluding tert-OH is 1. The summed E-state index contributed by atoms with van der Waals surface area (Å²) < 4.78 is 5.00. The van der Waals surface area contributed by atoms with Crippen LogP contribution in [-0.4, -0.2) is 34.8 Å². The van der Waals surface area contributed by atoms with E-state index in [1.807, 2.05) is 0 Å². The Bertz CT molecular complexity index is 126. The molecule has 0 amide bonds. The molecule has 3 atom stereocenters. The predicted octanol–water partition coefficient (Wildman–Crippen LogP) is -1.20. The summed E-state index contributed by atoms with van der Waals surface area (Å²) in [5.41, 5.74) is 4.42. The van der Waals surface area contributed by atoms with E-state index in [9.17, 15) is 5.11 Å². The topological polar surface area (TPSA) is 75.7 Å². The van der Waals surface area contributed by atoms with E-state index < -0.39 is 11.8 Å². The molecule has 1 fully saturated rings. The molecular formula is C6H13NO3. The van der Waals surface area contributed by atoms with Gasteiger partial charge in [0.25, 0.3) is 0 Å². The molecule has 4 nitrogen and oxygen atoms in total. The molecule has 1 rings (SSSR count). The first-order valence-corrected chi connectivity index (χ1v) is 3.30. The molecule has 0 radical (unpaired) electrons. The first kappa shape index (κ1) is 7.94. The van der Waals surface area contributed by atoms with Gasteiger partial charge in [-0.1, -0.05) is 0 Å². The number of nitrogens with two attached hydrogens (primary N) is 1. The van der Waals surface area contributed by atoms with Crippen molar-refractivity contribution in [3.05, 3.63) is 0 Å². The summed E-state index contributed by atoms with van der Waals surface area (Å²) in [4.78, 5) is 0. The van der Waals surface area contributed by atoms with Gasteiger partial charge in [-0.05, 0) is 6.92 Å². The third kappa shape index (κ3) is 1.29. The van der Waals surface area contributed by atoms with E-state index in [0.29, 0.717) is 6.42 Å². The maximum atomic E-state index is 9.40. The van der Waals surface area contributed by atoms with E-state index in [0.717, 1.165) is 0 Å². The zero-order valence-electron chi connectivity index (χ0n) is 5.95. The van der Waals surface area contributed by atoms with Gasteiger partial charge in [0.1, 0.15) is 11.8 Å². The van der Waals surface area contributed by atoms with Gasteiger partial charge in [0.05, 0.1) is 12.7 Å². The monoisotopic (exact) mass is 147 g/mol. The largest absolute Gasteiger partial charge is 0.394 e. The van der Waals surface area contributed by atoms with Crippen molar-refractivity contribution < 1.29 is 14.9 Å². The maximum absolute atomic E-state index is 9.40. The van der Waals surface area contributed by atoms with Crippen LogP contribution in [0.5, 0.6) is 0 Å². The lowest BCUT2D eigenvalue weighted by molar-refractivity contribution is -0.0407. The Morgan fingerprint density at radius 1 is 1.80 bits per heavy atom. The Morgan fingerprint density at radius 3 is 2.60 bits per heavy atom. The quantitative estimate of drug-likeness (QED) is 0.435. The molecule has 0 aromatic rings. The highest BCUT2D eigenvalue weighted by Crippen LogP contribution is 2.26. The lowest BCUT2D eigenvalue weighted by atomic mass is 10.0. The van der Waals surface area contributed by atoms with Gasteiger partial charge < -0.3 is 20.7 Å². The summed E-state index contributed by atoms with van der Waals surface area (Å²) in [6, 6.07) is 0. The van der Waals surface area contributed by atoms with Gasteiger partial charge in [0.15, 0.2) is 0 Å². The molecule has 0 saturated carbocycles. The van der Waals surface area contributed by atoms with Crippen molar-refractivity contribution in [3.8, 4) is 0 Å². The fourth-order valence-electron chi connectivity index (χ4n) is 1.09. The molecule has 0 aromatic heterocycles. The second-order valence-corrected chi connectivity index (χ2v) is 2.92. The van der Waals surface area contributed by atoms with E-state index in [1.54, 1.807) is 6.92 Å². The number of hydrogen-bond donors (Lipinski definition) is 3. The Kier molecular flexibility index (Phi) is 1.96. The summed E-state index contributed by atoms with van der Waals surface area (Å²) in [6.45, 7) is 1.52. The average Bonchev–Trinajstić information content (AvgIpc) is 2.08. The molecule has 0 aromatic carbocycles. The number of aliphatic hydroxyl groups is 2. The molecule has 0 bridgehead atoms. The van der Waals surface area contributed by atoms with Crippen molar-refractivity contribution in [2.24, 2.45) is 5.73 Å². The van der Waals surface area contributed by atoms with Crippen LogP contribution in [0, 0.1) is 0 Å². The predicted molar refractivity (Wildman–Crippen MR) is 35.2 cm³/mol. The summed E-state index contributed by atoms with van der Waals surface area (Å²) in [6.07, 6.45) is -0.556. The minimum Gasteiger partial charge on any atom is -0.394 e. The second kappa shape index (κ2) is 2.47. The van der Waals surface area contributed by atoms with E-state index in [-0.39, 0.29) is 12.7 Å². The van der Waals surface area contributed by atoms with Gasteiger partial charge in [-0.3, -0.25) is 0 Å². The third-order valence-electron chi connectivity index (χ3n) is 1.80. The highest BCUT2D eigenvalue weighted by Gasteiger charge is 2.40. The van der Waals surface area contributed by atoms with Gasteiger partial charge in [-0.15, -0.1) is 0 Å². The highest BCUT2D eigenvalue weighted by molar-refractivity contribution is 4.89. The van der Waals surface area contributed by atoms with Crippen LogP contribution in [0.1, 0.15) is 13.3 Å². The van der Waals surface area contributed by atoms with Gasteiger partial charge in [-0.25, -0.2) is 0 Å². The lowest BCUT2D eigenvalue weighted by Gasteiger charge is -2.18. The Morgan fingerprint density at radius 2 is 2.40 bits per heavy atom. The number of hydrogen-bond acceptors (Lipinski definition) is 4. The molecule has 60 valence electrons. The van der Waals surface area contributed by atoms with Crippen molar-refractivity contribution in [2.45, 2.75) is 31.3 Å². The fourth-order valence-corrected chi connectivity index (χ4v) is 1.09. The number of ether oxygens (including phenoxy) is 1. The number of rotatable bonds is 1. The highest BCUT2D eigenvalue weighted by atomic mass is 16.5. The summed E-state index contributed by atoms with van der Waals surface area (Å²) in [5.74, 6) is 0. The van der Waals surface area contributed by atoms with Crippen molar-refractivity contribution in [3.63, 3.8) is 0 Å². The van der Waals surface area contributed by atoms with E-state index in [2.05, 4.69) is 0 Å². The molecule has 3 unspecified atom stereocenters. The normalized spacial score (nSPS) is 48.0. The molecule has 1 saturated heterocycles. The van der Waals surface area contributed by atoms with Crippen LogP contribution in [0.25, 0.3) is 0 Å². The van der Waals surface area contributed by atoms with Crippen LogP contribution in [-0.2, 0) is 4.74 Å². The van der Waals surface area contributed by atoms with E-state index in [1.165, 1.54) is 0 Å². The summed E-state index contributed by atoms with van der Waals surface area (Å²) >= 11 is 0. The zero-order valence-corrected chi connectivity index (χ0v) is 5.95. The molecule has 0 aliphatic carbocycles. The smallest absolute Gasteiger partial charge is 0.134 e. The van der Waals surface area contributed by atoms with Gasteiger partial charge >= 0.3 is 0 Å². The van der Waals surface area contributed by atoms with Crippen molar-refractivity contribution in [1.29, 1.82) is 0 Å². The van der Waals surface area contributed by atoms with Crippen molar-refractivity contribution >= 4 is 0 Å². The van der Waals surface area contributed by atoms with Crippen LogP contribution < -0.4 is 5.73 Å². The Balaban J connectivity index is 2.53. The summed E-state index contributed by atoms with van der Waals surface area (Å²) in [5, 5.41) is 18.0. The molecule has 1 aliphatic heterocycles. The van der Waals surface area contributed by atoms with Crippen LogP contribution in [0.15, 0.2) is 0 Å². The van der Waals surface area contributed by atoms with E-state index in [4.69, 9.17) is 15.6 Å². The Labute approximate surface area is 59.6 Å². The summed E-state index contributed by atoms with van der Waals surface area (Å²) in [7, 11) is 0. The van der Waals surface area contributed by atoms with Crippen LogP contribution in [0.3, 0.4) is 0 Å². The molecule has 1 heterocycles. The standard InChI is InChI=1S/C6H13NO3/c1-6(9)2-4(3-8)10-5(6)7/h4-5,8-9H,2-3,7H2,1H3. The van der Waals surface area contributed by atoms with Gasteiger partial charge in [0, 0.05) is 6.42 Å². The molecule has 1 aliphatic rings. The molecular weight excluding hydrogens is 134 g/mol. The zero-order chi connectivity index (χ0) is 7.78. The Hall–Kier alpha value is -0.160. The van der Waals surface area contributed by atoms with Crippen LogP contribution >= 0.6 is 0 Å². The third-order valence-corrected chi connectivity index (χ3v) is 1.80. The van der Waals surface area contributed by atoms with Gasteiger partial charge in [0.2, 0.25) is 0 Å². The first-order chi connectivity index (χ1) is 4.56.